The van der Waals surface area contributed by atoms with E-state index in [-0.39, 0.29) is 17.4 Å². The third kappa shape index (κ3) is 6.90. The van der Waals surface area contributed by atoms with Crippen molar-refractivity contribution in [3.63, 3.8) is 0 Å². The molecular formula is C35H39F3N4O3. The molecule has 1 aliphatic heterocycles. The summed E-state index contributed by atoms with van der Waals surface area (Å²) in [5.74, 6) is 2.21. The number of piperazine rings is 1. The van der Waals surface area contributed by atoms with Gasteiger partial charge in [-0.25, -0.2) is 0 Å². The van der Waals surface area contributed by atoms with Crippen LogP contribution in [0.1, 0.15) is 54.4 Å². The number of halogens is 3. The molecule has 2 N–H and O–H groups in total. The van der Waals surface area contributed by atoms with Crippen molar-refractivity contribution in [2.24, 2.45) is 23.2 Å². The van der Waals surface area contributed by atoms with Crippen LogP contribution in [0, 0.1) is 23.2 Å². The van der Waals surface area contributed by atoms with Crippen molar-refractivity contribution in [2.45, 2.75) is 51.4 Å². The Labute approximate surface area is 261 Å². The molecule has 5 aliphatic rings. The van der Waals surface area contributed by atoms with Gasteiger partial charge < -0.3 is 20.1 Å². The van der Waals surface area contributed by atoms with E-state index in [1.807, 2.05) is 24.3 Å². The van der Waals surface area contributed by atoms with Gasteiger partial charge in [0.1, 0.15) is 11.5 Å². The summed E-state index contributed by atoms with van der Waals surface area (Å²) < 4.78 is 43.5. The normalized spacial score (nSPS) is 26.2. The quantitative estimate of drug-likeness (QED) is 0.295. The summed E-state index contributed by atoms with van der Waals surface area (Å²) in [7, 11) is 0. The van der Waals surface area contributed by atoms with Gasteiger partial charge in [-0.1, -0.05) is 0 Å². The van der Waals surface area contributed by atoms with Crippen LogP contribution < -0.4 is 15.0 Å². The molecule has 2 heterocycles. The highest BCUT2D eigenvalue weighted by Gasteiger charge is 2.50. The molecule has 5 fully saturated rings. The van der Waals surface area contributed by atoms with Gasteiger partial charge in [-0.05, 0) is 121 Å². The summed E-state index contributed by atoms with van der Waals surface area (Å²) in [6.07, 6.45) is 5.94. The molecule has 10 heteroatoms. The van der Waals surface area contributed by atoms with Gasteiger partial charge in [-0.3, -0.25) is 14.7 Å². The molecule has 2 aromatic carbocycles. The first-order valence-electron chi connectivity index (χ1n) is 16.0. The minimum Gasteiger partial charge on any atom is -0.506 e. The second-order valence-corrected chi connectivity index (χ2v) is 13.8. The average molecular weight is 621 g/mol. The lowest BCUT2D eigenvalue weighted by molar-refractivity contribution is -0.274. The predicted octanol–water partition coefficient (Wildman–Crippen LogP) is 6.62. The van der Waals surface area contributed by atoms with E-state index in [1.54, 1.807) is 6.07 Å². The Kier molecular flexibility index (Phi) is 7.88. The zero-order valence-corrected chi connectivity index (χ0v) is 25.2. The maximum Gasteiger partial charge on any atom is 0.573 e. The number of carbonyl (C=O) groups excluding carboxylic acids is 1. The Morgan fingerprint density at radius 2 is 1.58 bits per heavy atom. The van der Waals surface area contributed by atoms with Crippen molar-refractivity contribution < 1.29 is 27.8 Å². The van der Waals surface area contributed by atoms with Crippen LogP contribution in [-0.4, -0.2) is 60.0 Å². The van der Waals surface area contributed by atoms with Crippen LogP contribution in [0.15, 0.2) is 60.9 Å². The summed E-state index contributed by atoms with van der Waals surface area (Å²) in [5.41, 5.74) is 3.69. The molecule has 0 atom stereocenters. The number of alkyl halides is 3. The van der Waals surface area contributed by atoms with E-state index in [4.69, 9.17) is 0 Å². The van der Waals surface area contributed by atoms with Crippen molar-refractivity contribution in [2.75, 3.05) is 37.6 Å². The van der Waals surface area contributed by atoms with E-state index >= 15 is 0 Å². The maximum absolute atomic E-state index is 13.1. The largest absolute Gasteiger partial charge is 0.573 e. The number of carbonyl (C=O) groups is 1. The first-order chi connectivity index (χ1) is 21.6. The molecule has 1 aromatic heterocycles. The van der Waals surface area contributed by atoms with Crippen LogP contribution >= 0.6 is 0 Å². The van der Waals surface area contributed by atoms with Crippen LogP contribution in [0.2, 0.25) is 0 Å². The molecule has 1 amide bonds. The van der Waals surface area contributed by atoms with E-state index in [2.05, 4.69) is 24.8 Å². The summed E-state index contributed by atoms with van der Waals surface area (Å²) in [6, 6.07) is 13.8. The number of benzene rings is 2. The molecule has 3 aromatic rings. The van der Waals surface area contributed by atoms with Crippen molar-refractivity contribution in [3.05, 3.63) is 72.1 Å². The van der Waals surface area contributed by atoms with Crippen LogP contribution in [-0.2, 0) is 6.54 Å². The lowest BCUT2D eigenvalue weighted by Gasteiger charge is -2.56. The van der Waals surface area contributed by atoms with Gasteiger partial charge in [0.15, 0.2) is 0 Å². The summed E-state index contributed by atoms with van der Waals surface area (Å²) in [6.45, 7) is 4.18. The molecule has 4 aliphatic carbocycles. The minimum atomic E-state index is -4.82. The zero-order chi connectivity index (χ0) is 31.2. The molecule has 0 radical (unpaired) electrons. The molecule has 0 spiro atoms. The third-order valence-electron chi connectivity index (χ3n) is 10.3. The van der Waals surface area contributed by atoms with Gasteiger partial charge in [-0.2, -0.15) is 0 Å². The summed E-state index contributed by atoms with van der Waals surface area (Å²) >= 11 is 0. The van der Waals surface area contributed by atoms with E-state index < -0.39 is 6.36 Å². The van der Waals surface area contributed by atoms with E-state index in [0.29, 0.717) is 34.2 Å². The average Bonchev–Trinajstić information content (AvgIpc) is 2.99. The summed E-state index contributed by atoms with van der Waals surface area (Å²) in [4.78, 5) is 21.5. The van der Waals surface area contributed by atoms with Crippen molar-refractivity contribution in [1.29, 1.82) is 0 Å². The van der Waals surface area contributed by atoms with Crippen molar-refractivity contribution >= 4 is 11.6 Å². The van der Waals surface area contributed by atoms with Crippen molar-refractivity contribution in [3.8, 4) is 22.6 Å². The lowest BCUT2D eigenvalue weighted by atomic mass is 9.49. The first kappa shape index (κ1) is 29.9. The molecule has 4 bridgehead atoms. The number of nitrogens with one attached hydrogen (secondary N) is 1. The highest BCUT2D eigenvalue weighted by atomic mass is 19.4. The Morgan fingerprint density at radius 3 is 2.20 bits per heavy atom. The monoisotopic (exact) mass is 620 g/mol. The number of aromatic nitrogens is 1. The van der Waals surface area contributed by atoms with Gasteiger partial charge in [0.05, 0.1) is 6.20 Å². The second kappa shape index (κ2) is 11.9. The van der Waals surface area contributed by atoms with Crippen LogP contribution in [0.5, 0.6) is 11.5 Å². The number of pyridine rings is 1. The highest BCUT2D eigenvalue weighted by molar-refractivity contribution is 5.94. The Bertz CT molecular complexity index is 1500. The molecule has 45 heavy (non-hydrogen) atoms. The van der Waals surface area contributed by atoms with Gasteiger partial charge in [0.25, 0.3) is 5.91 Å². The predicted molar refractivity (Wildman–Crippen MR) is 165 cm³/mol. The molecular weight excluding hydrogens is 581 g/mol. The Hall–Kier alpha value is -3.79. The SMILES string of the molecule is O=C(NCC12CC3CC(CC(C3)C1)C2)c1ccc(N2CCN(Cc3cc(OC(F)(F)F)cc(-c4cncc(O)c4)c3)CC2)cc1. The van der Waals surface area contributed by atoms with Gasteiger partial charge in [0, 0.05) is 62.3 Å². The third-order valence-corrected chi connectivity index (χ3v) is 10.3. The standard InChI is InChI=1S/C35H39F3N4O3/c36-35(37,38)45-32-13-26(12-28(15-32)29-14-31(43)20-39-19-29)21-41-5-7-42(8-6-41)30-3-1-27(2-4-30)33(44)40-22-34-16-23-9-24(17-34)11-25(10-23)18-34/h1-4,12-15,19-20,23-25,43H,5-11,16-18,21-22H2,(H,40,44). The summed E-state index contributed by atoms with van der Waals surface area (Å²) in [5, 5.41) is 13.1. The zero-order valence-electron chi connectivity index (χ0n) is 25.2. The molecule has 8 rings (SSSR count). The molecule has 4 saturated carbocycles. The van der Waals surface area contributed by atoms with Gasteiger partial charge in [-0.15, -0.1) is 13.2 Å². The number of hydrogen-bond donors (Lipinski definition) is 2. The lowest BCUT2D eigenvalue weighted by Crippen LogP contribution is -2.51. The topological polar surface area (TPSA) is 77.9 Å². The van der Waals surface area contributed by atoms with Crippen molar-refractivity contribution in [1.82, 2.24) is 15.2 Å². The highest BCUT2D eigenvalue weighted by Crippen LogP contribution is 2.59. The van der Waals surface area contributed by atoms with Gasteiger partial charge >= 0.3 is 6.36 Å². The number of ether oxygens (including phenoxy) is 1. The van der Waals surface area contributed by atoms with Crippen LogP contribution in [0.4, 0.5) is 18.9 Å². The molecule has 0 unspecified atom stereocenters. The molecule has 1 saturated heterocycles. The fourth-order valence-electron chi connectivity index (χ4n) is 8.82. The van der Waals surface area contributed by atoms with E-state index in [1.165, 1.54) is 69.1 Å². The first-order valence-corrected chi connectivity index (χ1v) is 16.0. The van der Waals surface area contributed by atoms with Gasteiger partial charge in [0.2, 0.25) is 0 Å². The number of amides is 1. The number of hydrogen-bond acceptors (Lipinski definition) is 6. The fraction of sp³-hybridized carbons (Fsp3) is 0.486. The number of rotatable bonds is 8. The van der Waals surface area contributed by atoms with E-state index in [0.717, 1.165) is 56.2 Å². The smallest absolute Gasteiger partial charge is 0.506 e. The molecule has 7 nitrogen and oxygen atoms in total. The maximum atomic E-state index is 13.1. The van der Waals surface area contributed by atoms with Crippen LogP contribution in [0.25, 0.3) is 11.1 Å². The number of aromatic hydroxyl groups is 1. The number of anilines is 1. The fourth-order valence-corrected chi connectivity index (χ4v) is 8.82. The Balaban J connectivity index is 0.947. The molecule has 238 valence electrons. The van der Waals surface area contributed by atoms with E-state index in [9.17, 15) is 23.1 Å². The Morgan fingerprint density at radius 1 is 0.911 bits per heavy atom. The second-order valence-electron chi connectivity index (χ2n) is 13.8. The van der Waals surface area contributed by atoms with Crippen LogP contribution in [0.3, 0.4) is 0 Å². The number of nitrogens with zero attached hydrogens (tertiary/aromatic N) is 3. The minimum absolute atomic E-state index is 0.000265.